The van der Waals surface area contributed by atoms with Gasteiger partial charge >= 0.3 is 0 Å². The van der Waals surface area contributed by atoms with Crippen molar-refractivity contribution in [2.75, 3.05) is 13.1 Å². The normalized spacial score (nSPS) is 15.6. The van der Waals surface area contributed by atoms with Gasteiger partial charge < -0.3 is 14.8 Å². The highest BCUT2D eigenvalue weighted by molar-refractivity contribution is 5.07. The van der Waals surface area contributed by atoms with E-state index in [4.69, 9.17) is 4.42 Å². The molecule has 2 N–H and O–H groups in total. The summed E-state index contributed by atoms with van der Waals surface area (Å²) >= 11 is 0. The Labute approximate surface area is 78.8 Å². The van der Waals surface area contributed by atoms with Crippen LogP contribution in [0.15, 0.2) is 22.8 Å². The molecule has 0 spiro atoms. The summed E-state index contributed by atoms with van der Waals surface area (Å²) in [5, 5.41) is 13.1. The zero-order valence-corrected chi connectivity index (χ0v) is 8.21. The number of furan rings is 1. The molecule has 1 atom stereocenters. The number of aliphatic hydroxyl groups is 1. The highest BCUT2D eigenvalue weighted by atomic mass is 16.4. The molecule has 3 nitrogen and oxygen atoms in total. The largest absolute Gasteiger partial charge is 0.466 e. The molecule has 0 aromatic carbocycles. The van der Waals surface area contributed by atoms with Gasteiger partial charge in [-0.3, -0.25) is 0 Å². The Morgan fingerprint density at radius 3 is 2.92 bits per heavy atom. The van der Waals surface area contributed by atoms with Gasteiger partial charge in [0.05, 0.1) is 6.26 Å². The first kappa shape index (κ1) is 10.3. The summed E-state index contributed by atoms with van der Waals surface area (Å²) in [6.07, 6.45) is 2.24. The summed E-state index contributed by atoms with van der Waals surface area (Å²) < 4.78 is 5.15. The second-order valence-electron chi connectivity index (χ2n) is 3.35. The lowest BCUT2D eigenvalue weighted by Gasteiger charge is -2.20. The molecule has 74 valence electrons. The van der Waals surface area contributed by atoms with Crippen molar-refractivity contribution in [2.45, 2.75) is 25.9 Å². The van der Waals surface area contributed by atoms with E-state index in [9.17, 15) is 5.11 Å². The van der Waals surface area contributed by atoms with Crippen LogP contribution in [0.2, 0.25) is 0 Å². The lowest BCUT2D eigenvalue weighted by Crippen LogP contribution is -2.27. The van der Waals surface area contributed by atoms with Crippen LogP contribution in [0.5, 0.6) is 0 Å². The first-order valence-corrected chi connectivity index (χ1v) is 4.64. The standard InChI is InChI=1S/C10H17NO2/c1-3-11-7-6-10(2,12)9-5-4-8-13-9/h4-5,8,11-12H,3,6-7H2,1-2H3. The maximum Gasteiger partial charge on any atom is 0.135 e. The Bertz CT molecular complexity index is 229. The third-order valence-corrected chi connectivity index (χ3v) is 2.09. The van der Waals surface area contributed by atoms with Crippen molar-refractivity contribution in [1.82, 2.24) is 5.32 Å². The van der Waals surface area contributed by atoms with E-state index >= 15 is 0 Å². The zero-order chi connectivity index (χ0) is 9.73. The topological polar surface area (TPSA) is 45.4 Å². The molecule has 0 saturated carbocycles. The fourth-order valence-electron chi connectivity index (χ4n) is 1.22. The quantitative estimate of drug-likeness (QED) is 0.680. The smallest absolute Gasteiger partial charge is 0.135 e. The monoisotopic (exact) mass is 183 g/mol. The molecule has 13 heavy (non-hydrogen) atoms. The van der Waals surface area contributed by atoms with Crippen molar-refractivity contribution in [1.29, 1.82) is 0 Å². The Kier molecular flexibility index (Phi) is 3.51. The van der Waals surface area contributed by atoms with Crippen LogP contribution in [0.3, 0.4) is 0 Å². The molecule has 1 heterocycles. The van der Waals surface area contributed by atoms with Gasteiger partial charge in [0.25, 0.3) is 0 Å². The summed E-state index contributed by atoms with van der Waals surface area (Å²) in [5.41, 5.74) is -0.855. The predicted molar refractivity (Wildman–Crippen MR) is 51.4 cm³/mol. The van der Waals surface area contributed by atoms with Gasteiger partial charge in [0.1, 0.15) is 11.4 Å². The summed E-state index contributed by atoms with van der Waals surface area (Å²) in [4.78, 5) is 0. The molecule has 3 heteroatoms. The molecule has 0 aliphatic heterocycles. The van der Waals surface area contributed by atoms with E-state index in [1.165, 1.54) is 0 Å². The molecule has 0 aliphatic carbocycles. The first-order valence-electron chi connectivity index (χ1n) is 4.64. The third-order valence-electron chi connectivity index (χ3n) is 2.09. The average Bonchev–Trinajstić information content (AvgIpc) is 2.56. The van der Waals surface area contributed by atoms with Gasteiger partial charge in [-0.15, -0.1) is 0 Å². The molecule has 0 bridgehead atoms. The Hall–Kier alpha value is -0.800. The fraction of sp³-hybridized carbons (Fsp3) is 0.600. The van der Waals surface area contributed by atoms with Gasteiger partial charge in [-0.1, -0.05) is 6.92 Å². The Balaban J connectivity index is 2.46. The van der Waals surface area contributed by atoms with Crippen molar-refractivity contribution in [3.63, 3.8) is 0 Å². The third kappa shape index (κ3) is 2.86. The van der Waals surface area contributed by atoms with Gasteiger partial charge in [-0.25, -0.2) is 0 Å². The molecule has 0 aliphatic rings. The molecular formula is C10H17NO2. The van der Waals surface area contributed by atoms with Gasteiger partial charge in [-0.2, -0.15) is 0 Å². The Morgan fingerprint density at radius 2 is 2.38 bits per heavy atom. The second-order valence-corrected chi connectivity index (χ2v) is 3.35. The van der Waals surface area contributed by atoms with E-state index < -0.39 is 5.60 Å². The second kappa shape index (κ2) is 4.44. The molecule has 1 aromatic heterocycles. The van der Waals surface area contributed by atoms with Crippen LogP contribution in [0.25, 0.3) is 0 Å². The van der Waals surface area contributed by atoms with Crippen LogP contribution in [-0.2, 0) is 5.60 Å². The summed E-state index contributed by atoms with van der Waals surface area (Å²) in [6, 6.07) is 3.59. The van der Waals surface area contributed by atoms with Crippen LogP contribution in [0, 0.1) is 0 Å². The van der Waals surface area contributed by atoms with Crippen LogP contribution in [-0.4, -0.2) is 18.2 Å². The van der Waals surface area contributed by atoms with E-state index in [2.05, 4.69) is 5.32 Å². The lowest BCUT2D eigenvalue weighted by atomic mass is 9.99. The number of nitrogens with one attached hydrogen (secondary N) is 1. The van der Waals surface area contributed by atoms with Crippen LogP contribution >= 0.6 is 0 Å². The summed E-state index contributed by atoms with van der Waals surface area (Å²) in [5.74, 6) is 0.630. The highest BCUT2D eigenvalue weighted by Gasteiger charge is 2.25. The molecule has 1 rings (SSSR count). The van der Waals surface area contributed by atoms with E-state index in [1.54, 1.807) is 25.3 Å². The van der Waals surface area contributed by atoms with E-state index in [0.717, 1.165) is 13.1 Å². The minimum Gasteiger partial charge on any atom is -0.466 e. The highest BCUT2D eigenvalue weighted by Crippen LogP contribution is 2.23. The van der Waals surface area contributed by atoms with Crippen molar-refractivity contribution < 1.29 is 9.52 Å². The minimum absolute atomic E-state index is 0.630. The summed E-state index contributed by atoms with van der Waals surface area (Å²) in [6.45, 7) is 5.53. The Morgan fingerprint density at radius 1 is 1.62 bits per heavy atom. The van der Waals surface area contributed by atoms with Crippen LogP contribution in [0.1, 0.15) is 26.0 Å². The van der Waals surface area contributed by atoms with Gasteiger partial charge in [-0.05, 0) is 38.6 Å². The maximum absolute atomic E-state index is 9.97. The van der Waals surface area contributed by atoms with E-state index in [-0.39, 0.29) is 0 Å². The van der Waals surface area contributed by atoms with Crippen molar-refractivity contribution in [3.8, 4) is 0 Å². The van der Waals surface area contributed by atoms with Gasteiger partial charge in [0.15, 0.2) is 0 Å². The molecule has 1 unspecified atom stereocenters. The predicted octanol–water partition coefficient (Wildman–Crippen LogP) is 1.49. The molecule has 0 saturated heterocycles. The molecule has 0 radical (unpaired) electrons. The van der Waals surface area contributed by atoms with Crippen molar-refractivity contribution >= 4 is 0 Å². The average molecular weight is 183 g/mol. The van der Waals surface area contributed by atoms with Gasteiger partial charge in [0, 0.05) is 0 Å². The number of rotatable bonds is 5. The van der Waals surface area contributed by atoms with Crippen molar-refractivity contribution in [3.05, 3.63) is 24.2 Å². The molecular weight excluding hydrogens is 166 g/mol. The number of hydrogen-bond donors (Lipinski definition) is 2. The zero-order valence-electron chi connectivity index (χ0n) is 8.21. The van der Waals surface area contributed by atoms with Crippen LogP contribution in [0.4, 0.5) is 0 Å². The molecule has 0 fully saturated rings. The SMILES string of the molecule is CCNCCC(C)(O)c1ccco1. The first-order chi connectivity index (χ1) is 6.17. The van der Waals surface area contributed by atoms with Crippen molar-refractivity contribution in [2.24, 2.45) is 0 Å². The fourth-order valence-corrected chi connectivity index (χ4v) is 1.22. The number of hydrogen-bond acceptors (Lipinski definition) is 3. The molecule has 0 amide bonds. The maximum atomic E-state index is 9.97. The van der Waals surface area contributed by atoms with Crippen LogP contribution < -0.4 is 5.32 Å². The lowest BCUT2D eigenvalue weighted by molar-refractivity contribution is 0.0258. The van der Waals surface area contributed by atoms with E-state index in [0.29, 0.717) is 12.2 Å². The van der Waals surface area contributed by atoms with Gasteiger partial charge in [0.2, 0.25) is 0 Å². The minimum atomic E-state index is -0.855. The molecule has 1 aromatic rings. The summed E-state index contributed by atoms with van der Waals surface area (Å²) in [7, 11) is 0. The van der Waals surface area contributed by atoms with E-state index in [1.807, 2.05) is 6.92 Å².